The van der Waals surface area contributed by atoms with Crippen molar-refractivity contribution in [3.8, 4) is 10.4 Å². The van der Waals surface area contributed by atoms with Gasteiger partial charge in [-0.3, -0.25) is 4.79 Å². The first-order chi connectivity index (χ1) is 13.5. The zero-order valence-electron chi connectivity index (χ0n) is 15.8. The van der Waals surface area contributed by atoms with E-state index in [1.807, 2.05) is 24.3 Å². The van der Waals surface area contributed by atoms with Crippen LogP contribution in [0.15, 0.2) is 30.3 Å². The Morgan fingerprint density at radius 3 is 2.75 bits per heavy atom. The molecular weight excluding hydrogens is 394 g/mol. The number of piperidine rings is 1. The van der Waals surface area contributed by atoms with Crippen molar-refractivity contribution in [3.63, 3.8) is 0 Å². The molecule has 3 heterocycles. The Bertz CT molecular complexity index is 996. The summed E-state index contributed by atoms with van der Waals surface area (Å²) in [7, 11) is 3.45. The van der Waals surface area contributed by atoms with Crippen LogP contribution in [0, 0.1) is 0 Å². The molecule has 8 heteroatoms. The number of benzene rings is 1. The lowest BCUT2D eigenvalue weighted by atomic mass is 10.1. The average molecular weight is 416 g/mol. The predicted octanol–water partition coefficient (Wildman–Crippen LogP) is 3.88. The van der Waals surface area contributed by atoms with E-state index >= 15 is 0 Å². The smallest absolute Gasteiger partial charge is 0.275 e. The lowest BCUT2D eigenvalue weighted by Gasteiger charge is -2.24. The highest BCUT2D eigenvalue weighted by Gasteiger charge is 2.22. The zero-order chi connectivity index (χ0) is 19.7. The van der Waals surface area contributed by atoms with E-state index in [0.717, 1.165) is 52.3 Å². The van der Waals surface area contributed by atoms with E-state index in [9.17, 15) is 4.79 Å². The third-order valence-electron chi connectivity index (χ3n) is 4.83. The summed E-state index contributed by atoms with van der Waals surface area (Å²) in [5.41, 5.74) is 1.44. The van der Waals surface area contributed by atoms with Gasteiger partial charge >= 0.3 is 0 Å². The Balaban J connectivity index is 1.80. The number of rotatable bonds is 4. The van der Waals surface area contributed by atoms with E-state index in [0.29, 0.717) is 16.8 Å². The molecule has 1 atom stereocenters. The molecule has 6 nitrogen and oxygen atoms in total. The summed E-state index contributed by atoms with van der Waals surface area (Å²) in [6.07, 6.45) is 2.22. The predicted molar refractivity (Wildman–Crippen MR) is 115 cm³/mol. The minimum Gasteiger partial charge on any atom is -0.364 e. The van der Waals surface area contributed by atoms with E-state index < -0.39 is 0 Å². The molecule has 0 saturated carbocycles. The number of aromatic nitrogens is 2. The van der Waals surface area contributed by atoms with E-state index in [2.05, 4.69) is 26.9 Å². The number of nitrogens with one attached hydrogen (secondary N) is 2. The molecule has 1 aliphatic heterocycles. The summed E-state index contributed by atoms with van der Waals surface area (Å²) in [6.45, 7) is 1.95. The van der Waals surface area contributed by atoms with Gasteiger partial charge in [0.25, 0.3) is 5.91 Å². The minimum absolute atomic E-state index is 0.145. The summed E-state index contributed by atoms with van der Waals surface area (Å²) in [5, 5.41) is 17.2. The molecule has 1 fully saturated rings. The summed E-state index contributed by atoms with van der Waals surface area (Å²) < 4.78 is 0.852. The van der Waals surface area contributed by atoms with Crippen molar-refractivity contribution in [1.82, 2.24) is 20.4 Å². The molecule has 3 aromatic rings. The van der Waals surface area contributed by atoms with Gasteiger partial charge in [0.1, 0.15) is 0 Å². The number of anilines is 1. The van der Waals surface area contributed by atoms with Gasteiger partial charge in [-0.15, -0.1) is 21.5 Å². The van der Waals surface area contributed by atoms with E-state index in [1.54, 1.807) is 25.4 Å². The number of carbonyl (C=O) groups excluding carboxylic acids is 1. The third kappa shape index (κ3) is 3.83. The maximum atomic E-state index is 12.6. The first kappa shape index (κ1) is 19.1. The lowest BCUT2D eigenvalue weighted by Crippen LogP contribution is -2.38. The van der Waals surface area contributed by atoms with Gasteiger partial charge in [-0.2, -0.15) is 0 Å². The van der Waals surface area contributed by atoms with Crippen LogP contribution < -0.4 is 10.6 Å². The average Bonchev–Trinajstić information content (AvgIpc) is 3.15. The van der Waals surface area contributed by atoms with Crippen LogP contribution in [0.4, 0.5) is 5.82 Å². The number of fused-ring (bicyclic) bond motifs is 1. The van der Waals surface area contributed by atoms with Crippen LogP contribution in [-0.2, 0) is 0 Å². The van der Waals surface area contributed by atoms with E-state index in [1.165, 1.54) is 4.90 Å². The topological polar surface area (TPSA) is 70.2 Å². The molecule has 1 saturated heterocycles. The van der Waals surface area contributed by atoms with Crippen LogP contribution in [0.2, 0.25) is 5.02 Å². The van der Waals surface area contributed by atoms with E-state index in [-0.39, 0.29) is 5.91 Å². The van der Waals surface area contributed by atoms with Crippen LogP contribution in [0.3, 0.4) is 0 Å². The first-order valence-corrected chi connectivity index (χ1v) is 10.5. The minimum atomic E-state index is -0.145. The van der Waals surface area contributed by atoms with Crippen molar-refractivity contribution in [2.45, 2.75) is 18.9 Å². The molecule has 1 unspecified atom stereocenters. The van der Waals surface area contributed by atoms with Gasteiger partial charge in [0.15, 0.2) is 11.5 Å². The van der Waals surface area contributed by atoms with E-state index in [4.69, 9.17) is 11.6 Å². The largest absolute Gasteiger partial charge is 0.364 e. The molecule has 0 bridgehead atoms. The van der Waals surface area contributed by atoms with Crippen molar-refractivity contribution in [2.24, 2.45) is 0 Å². The number of halogens is 1. The standard InChI is InChI=1S/C20H22ClN5OS/c1-26(2)20(27)17-18-15(10-16(28-18)12-5-7-13(21)8-6-12)19(25-24-17)23-14-4-3-9-22-11-14/h5-8,10,14,22H,3-4,9,11H2,1-2H3,(H,23,25). The Kier molecular flexibility index (Phi) is 5.48. The highest BCUT2D eigenvalue weighted by atomic mass is 35.5. The van der Waals surface area contributed by atoms with Crippen LogP contribution in [-0.4, -0.2) is 54.2 Å². The fourth-order valence-corrected chi connectivity index (χ4v) is 4.59. The molecule has 2 aromatic heterocycles. The molecule has 1 aromatic carbocycles. The number of hydrogen-bond donors (Lipinski definition) is 2. The van der Waals surface area contributed by atoms with Crippen LogP contribution in [0.1, 0.15) is 23.3 Å². The Labute approximate surface area is 172 Å². The highest BCUT2D eigenvalue weighted by molar-refractivity contribution is 7.22. The van der Waals surface area contributed by atoms with Crippen molar-refractivity contribution < 1.29 is 4.79 Å². The summed E-state index contributed by atoms with van der Waals surface area (Å²) >= 11 is 7.59. The quantitative estimate of drug-likeness (QED) is 0.676. The van der Waals surface area contributed by atoms with Gasteiger partial charge in [0.05, 0.1) is 4.70 Å². The molecule has 1 aliphatic rings. The summed E-state index contributed by atoms with van der Waals surface area (Å²) in [5.74, 6) is 0.586. The lowest BCUT2D eigenvalue weighted by molar-refractivity contribution is 0.0823. The fraction of sp³-hybridized carbons (Fsp3) is 0.350. The second-order valence-corrected chi connectivity index (χ2v) is 8.63. The van der Waals surface area contributed by atoms with Crippen molar-refractivity contribution in [1.29, 1.82) is 0 Å². The van der Waals surface area contributed by atoms with Crippen molar-refractivity contribution >= 4 is 44.7 Å². The molecular formula is C20H22ClN5OS. The molecule has 4 rings (SSSR count). The van der Waals surface area contributed by atoms with Crippen LogP contribution in [0.5, 0.6) is 0 Å². The molecule has 146 valence electrons. The normalized spacial score (nSPS) is 16.9. The second-order valence-electron chi connectivity index (χ2n) is 7.14. The number of hydrogen-bond acceptors (Lipinski definition) is 6. The summed E-state index contributed by atoms with van der Waals surface area (Å²) in [4.78, 5) is 15.2. The third-order valence-corrected chi connectivity index (χ3v) is 6.27. The monoisotopic (exact) mass is 415 g/mol. The number of amides is 1. The van der Waals surface area contributed by atoms with Gasteiger partial charge in [0, 0.05) is 42.0 Å². The first-order valence-electron chi connectivity index (χ1n) is 9.28. The molecule has 2 N–H and O–H groups in total. The number of nitrogens with zero attached hydrogens (tertiary/aromatic N) is 3. The van der Waals surface area contributed by atoms with Gasteiger partial charge in [-0.25, -0.2) is 0 Å². The molecule has 0 spiro atoms. The molecule has 1 amide bonds. The van der Waals surface area contributed by atoms with Crippen LogP contribution >= 0.6 is 22.9 Å². The number of thiophene rings is 1. The maximum absolute atomic E-state index is 12.6. The van der Waals surface area contributed by atoms with Gasteiger partial charge < -0.3 is 15.5 Å². The second kappa shape index (κ2) is 8.03. The Hall–Kier alpha value is -2.22. The van der Waals surface area contributed by atoms with Crippen LogP contribution in [0.25, 0.3) is 20.5 Å². The van der Waals surface area contributed by atoms with Gasteiger partial charge in [-0.1, -0.05) is 23.7 Å². The Morgan fingerprint density at radius 2 is 2.07 bits per heavy atom. The van der Waals surface area contributed by atoms with Gasteiger partial charge in [-0.05, 0) is 43.1 Å². The molecule has 0 radical (unpaired) electrons. The van der Waals surface area contributed by atoms with Crippen molar-refractivity contribution in [2.75, 3.05) is 32.5 Å². The highest BCUT2D eigenvalue weighted by Crippen LogP contribution is 2.38. The fourth-order valence-electron chi connectivity index (χ4n) is 3.33. The summed E-state index contributed by atoms with van der Waals surface area (Å²) in [6, 6.07) is 10.1. The SMILES string of the molecule is CN(C)C(=O)c1nnc(NC2CCCNC2)c2cc(-c3ccc(Cl)cc3)sc12. The molecule has 0 aliphatic carbocycles. The molecule has 28 heavy (non-hydrogen) atoms. The van der Waals surface area contributed by atoms with Gasteiger partial charge in [0.2, 0.25) is 0 Å². The Morgan fingerprint density at radius 1 is 1.29 bits per heavy atom. The van der Waals surface area contributed by atoms with Crippen molar-refractivity contribution in [3.05, 3.63) is 41.0 Å². The zero-order valence-corrected chi connectivity index (χ0v) is 17.4. The number of carbonyl (C=O) groups is 1. The maximum Gasteiger partial charge on any atom is 0.275 e.